The molecule has 0 saturated carbocycles. The van der Waals surface area contributed by atoms with E-state index in [9.17, 15) is 0 Å². The van der Waals surface area contributed by atoms with Crippen molar-refractivity contribution in [1.82, 2.24) is 9.97 Å². The Morgan fingerprint density at radius 2 is 1.65 bits per heavy atom. The third-order valence-corrected chi connectivity index (χ3v) is 4.33. The molecule has 1 aromatic carbocycles. The molecule has 1 aliphatic heterocycles. The van der Waals surface area contributed by atoms with Crippen LogP contribution in [0.25, 0.3) is 0 Å². The predicted molar refractivity (Wildman–Crippen MR) is 108 cm³/mol. The number of hydrogen-bond donors (Lipinski definition) is 1. The van der Waals surface area contributed by atoms with Gasteiger partial charge in [-0.25, -0.2) is 4.98 Å². The lowest BCUT2D eigenvalue weighted by atomic mass is 10.1. The van der Waals surface area contributed by atoms with Gasteiger partial charge < -0.3 is 19.9 Å². The Morgan fingerprint density at radius 1 is 1.00 bits per heavy atom. The van der Waals surface area contributed by atoms with Gasteiger partial charge >= 0.3 is 0 Å². The number of piperazine rings is 1. The number of ether oxygens (including phenoxy) is 1. The number of aryl methyl sites for hydroxylation is 1. The Labute approximate surface area is 156 Å². The summed E-state index contributed by atoms with van der Waals surface area (Å²) >= 11 is 0. The van der Waals surface area contributed by atoms with Crippen LogP contribution in [0.4, 0.5) is 17.5 Å². The molecular formula is C20H29N5O. The Hall–Kier alpha value is -2.50. The molecule has 0 atom stereocenters. The largest absolute Gasteiger partial charge is 0.495 e. The monoisotopic (exact) mass is 355 g/mol. The van der Waals surface area contributed by atoms with Gasteiger partial charge in [-0.1, -0.05) is 12.1 Å². The van der Waals surface area contributed by atoms with E-state index >= 15 is 0 Å². The molecule has 3 rings (SSSR count). The first-order valence-corrected chi connectivity index (χ1v) is 9.12. The normalized spacial score (nSPS) is 15.1. The first-order chi connectivity index (χ1) is 12.4. The van der Waals surface area contributed by atoms with E-state index < -0.39 is 0 Å². The van der Waals surface area contributed by atoms with Gasteiger partial charge in [0.1, 0.15) is 11.6 Å². The van der Waals surface area contributed by atoms with Gasteiger partial charge in [0.2, 0.25) is 5.95 Å². The lowest BCUT2D eigenvalue weighted by molar-refractivity contribution is 0.413. The molecule has 2 heterocycles. The van der Waals surface area contributed by atoms with Crippen molar-refractivity contribution in [3.05, 3.63) is 36.0 Å². The van der Waals surface area contributed by atoms with Crippen LogP contribution < -0.4 is 19.9 Å². The molecule has 26 heavy (non-hydrogen) atoms. The fraction of sp³-hybridized carbons (Fsp3) is 0.500. The Kier molecular flexibility index (Phi) is 5.20. The second kappa shape index (κ2) is 7.40. The van der Waals surface area contributed by atoms with Gasteiger partial charge in [-0.3, -0.25) is 0 Å². The van der Waals surface area contributed by atoms with Crippen molar-refractivity contribution in [2.45, 2.75) is 33.2 Å². The van der Waals surface area contributed by atoms with Crippen LogP contribution in [0.2, 0.25) is 0 Å². The van der Waals surface area contributed by atoms with Gasteiger partial charge in [-0.05, 0) is 39.8 Å². The highest BCUT2D eigenvalue weighted by Gasteiger charge is 2.22. The van der Waals surface area contributed by atoms with Crippen molar-refractivity contribution < 1.29 is 4.74 Å². The van der Waals surface area contributed by atoms with E-state index in [1.165, 1.54) is 0 Å². The summed E-state index contributed by atoms with van der Waals surface area (Å²) in [5.41, 5.74) is 2.10. The first kappa shape index (κ1) is 18.3. The van der Waals surface area contributed by atoms with Gasteiger partial charge in [0.15, 0.2) is 0 Å². The molecule has 1 N–H and O–H groups in total. The average molecular weight is 355 g/mol. The molecule has 0 aliphatic carbocycles. The van der Waals surface area contributed by atoms with Crippen LogP contribution >= 0.6 is 0 Å². The van der Waals surface area contributed by atoms with Crippen LogP contribution in [0.3, 0.4) is 0 Å². The summed E-state index contributed by atoms with van der Waals surface area (Å²) in [7, 11) is 1.72. The van der Waals surface area contributed by atoms with Crippen molar-refractivity contribution >= 4 is 17.5 Å². The van der Waals surface area contributed by atoms with E-state index in [1.807, 2.05) is 25.1 Å². The van der Waals surface area contributed by atoms with Crippen LogP contribution in [-0.4, -0.2) is 48.8 Å². The van der Waals surface area contributed by atoms with Gasteiger partial charge in [-0.15, -0.1) is 0 Å². The zero-order chi connectivity index (χ0) is 18.7. The van der Waals surface area contributed by atoms with Gasteiger partial charge in [0.05, 0.1) is 12.8 Å². The smallest absolute Gasteiger partial charge is 0.227 e. The van der Waals surface area contributed by atoms with Crippen LogP contribution in [-0.2, 0) is 0 Å². The molecule has 1 aliphatic rings. The van der Waals surface area contributed by atoms with E-state index in [1.54, 1.807) is 7.11 Å². The summed E-state index contributed by atoms with van der Waals surface area (Å²) in [6.07, 6.45) is 0. The van der Waals surface area contributed by atoms with Crippen molar-refractivity contribution in [2.24, 2.45) is 0 Å². The van der Waals surface area contributed by atoms with Crippen LogP contribution in [0.15, 0.2) is 30.3 Å². The maximum atomic E-state index is 5.50. The number of rotatable bonds is 4. The van der Waals surface area contributed by atoms with E-state index in [0.29, 0.717) is 0 Å². The minimum absolute atomic E-state index is 0.0272. The number of aromatic nitrogens is 2. The highest BCUT2D eigenvalue weighted by atomic mass is 16.5. The van der Waals surface area contributed by atoms with Gasteiger partial charge in [0.25, 0.3) is 0 Å². The third kappa shape index (κ3) is 4.36. The molecule has 6 nitrogen and oxygen atoms in total. The third-order valence-electron chi connectivity index (χ3n) is 4.33. The highest BCUT2D eigenvalue weighted by Crippen LogP contribution is 2.29. The van der Waals surface area contributed by atoms with Gasteiger partial charge in [-0.2, -0.15) is 4.98 Å². The Balaban J connectivity index is 1.72. The molecule has 6 heteroatoms. The number of nitrogens with one attached hydrogen (secondary N) is 1. The van der Waals surface area contributed by atoms with Crippen LogP contribution in [0, 0.1) is 6.92 Å². The average Bonchev–Trinajstić information content (AvgIpc) is 2.60. The Bertz CT molecular complexity index is 748. The number of hydrogen-bond acceptors (Lipinski definition) is 6. The molecule has 1 aromatic heterocycles. The Morgan fingerprint density at radius 3 is 2.31 bits per heavy atom. The van der Waals surface area contributed by atoms with Gasteiger partial charge in [0, 0.05) is 43.5 Å². The van der Waals surface area contributed by atoms with Crippen LogP contribution in [0.5, 0.6) is 5.75 Å². The lowest BCUT2D eigenvalue weighted by Crippen LogP contribution is -2.47. The predicted octanol–water partition coefficient (Wildman–Crippen LogP) is 3.33. The topological polar surface area (TPSA) is 53.5 Å². The SMILES string of the molecule is COc1ccccc1N1CCN(c2nc(C)cc(NC(C)(C)C)n2)CC1. The molecular weight excluding hydrogens is 326 g/mol. The number of para-hydroxylation sites is 2. The summed E-state index contributed by atoms with van der Waals surface area (Å²) in [6, 6.07) is 10.2. The van der Waals surface area contributed by atoms with E-state index in [0.717, 1.165) is 55.1 Å². The standard InChI is InChI=1S/C20H29N5O/c1-15-14-18(23-20(2,3)4)22-19(21-15)25-12-10-24(11-13-25)16-8-6-7-9-17(16)26-5/h6-9,14H,10-13H2,1-5H3,(H,21,22,23). The maximum absolute atomic E-state index is 5.50. The quantitative estimate of drug-likeness (QED) is 0.908. The second-order valence-electron chi connectivity index (χ2n) is 7.72. The van der Waals surface area contributed by atoms with Crippen LogP contribution in [0.1, 0.15) is 26.5 Å². The molecule has 0 amide bonds. The molecule has 140 valence electrons. The molecule has 0 spiro atoms. The molecule has 0 radical (unpaired) electrons. The second-order valence-corrected chi connectivity index (χ2v) is 7.72. The molecule has 1 saturated heterocycles. The summed E-state index contributed by atoms with van der Waals surface area (Å²) < 4.78 is 5.50. The lowest BCUT2D eigenvalue weighted by Gasteiger charge is -2.36. The molecule has 0 bridgehead atoms. The van der Waals surface area contributed by atoms with Crippen molar-refractivity contribution in [3.63, 3.8) is 0 Å². The van der Waals surface area contributed by atoms with E-state index in [2.05, 4.69) is 53.0 Å². The zero-order valence-corrected chi connectivity index (χ0v) is 16.4. The fourth-order valence-electron chi connectivity index (χ4n) is 3.18. The number of methoxy groups -OCH3 is 1. The first-order valence-electron chi connectivity index (χ1n) is 9.12. The summed E-state index contributed by atoms with van der Waals surface area (Å²) in [4.78, 5) is 14.0. The summed E-state index contributed by atoms with van der Waals surface area (Å²) in [5, 5.41) is 3.45. The molecule has 0 unspecified atom stereocenters. The molecule has 1 fully saturated rings. The number of anilines is 3. The maximum Gasteiger partial charge on any atom is 0.227 e. The molecule has 2 aromatic rings. The number of nitrogens with zero attached hydrogens (tertiary/aromatic N) is 4. The minimum Gasteiger partial charge on any atom is -0.495 e. The van der Waals surface area contributed by atoms with E-state index in [4.69, 9.17) is 9.72 Å². The highest BCUT2D eigenvalue weighted by molar-refractivity contribution is 5.59. The minimum atomic E-state index is -0.0272. The fourth-order valence-corrected chi connectivity index (χ4v) is 3.18. The zero-order valence-electron chi connectivity index (χ0n) is 16.4. The van der Waals surface area contributed by atoms with Crippen molar-refractivity contribution in [3.8, 4) is 5.75 Å². The number of benzene rings is 1. The van der Waals surface area contributed by atoms with Crippen molar-refractivity contribution in [1.29, 1.82) is 0 Å². The van der Waals surface area contributed by atoms with Crippen molar-refractivity contribution in [2.75, 3.05) is 48.4 Å². The van der Waals surface area contributed by atoms with E-state index in [-0.39, 0.29) is 5.54 Å². The summed E-state index contributed by atoms with van der Waals surface area (Å²) in [6.45, 7) is 12.0. The summed E-state index contributed by atoms with van der Waals surface area (Å²) in [5.74, 6) is 2.60.